The van der Waals surface area contributed by atoms with E-state index in [0.717, 1.165) is 5.56 Å². The van der Waals surface area contributed by atoms with E-state index in [2.05, 4.69) is 4.74 Å². The van der Waals surface area contributed by atoms with Gasteiger partial charge in [0.2, 0.25) is 0 Å². The van der Waals surface area contributed by atoms with Crippen LogP contribution in [0.25, 0.3) is 0 Å². The minimum atomic E-state index is -4.35. The number of halogens is 3. The van der Waals surface area contributed by atoms with Crippen LogP contribution < -0.4 is 10.5 Å². The molecule has 2 N–H and O–H groups in total. The van der Waals surface area contributed by atoms with E-state index in [-0.39, 0.29) is 0 Å². The zero-order valence-corrected chi connectivity index (χ0v) is 8.67. The Kier molecular flexibility index (Phi) is 4.00. The topological polar surface area (TPSA) is 44.5 Å². The van der Waals surface area contributed by atoms with Gasteiger partial charge in [0, 0.05) is 0 Å². The molecule has 6 heteroatoms. The maximum absolute atomic E-state index is 11.7. The molecule has 0 fully saturated rings. The molecule has 0 amide bonds. The minimum absolute atomic E-state index is 0.321. The van der Waals surface area contributed by atoms with Gasteiger partial charge in [0.1, 0.15) is 12.4 Å². The lowest BCUT2D eigenvalue weighted by molar-refractivity contribution is -0.186. The second kappa shape index (κ2) is 5.07. The molecule has 0 bridgehead atoms. The lowest BCUT2D eigenvalue weighted by atomic mass is 10.2. The highest BCUT2D eigenvalue weighted by atomic mass is 19.4. The summed E-state index contributed by atoms with van der Waals surface area (Å²) in [6, 6.07) is 5.03. The molecule has 0 atom stereocenters. The van der Waals surface area contributed by atoms with Crippen molar-refractivity contribution in [1.82, 2.24) is 0 Å². The third-order valence-electron chi connectivity index (χ3n) is 1.73. The van der Waals surface area contributed by atoms with Crippen LogP contribution in [0, 0.1) is 6.92 Å². The monoisotopic (exact) mass is 235 g/mol. The van der Waals surface area contributed by atoms with Crippen LogP contribution in [0.15, 0.2) is 18.2 Å². The average molecular weight is 235 g/mol. The van der Waals surface area contributed by atoms with E-state index in [1.54, 1.807) is 18.2 Å². The molecule has 3 nitrogen and oxygen atoms in total. The summed E-state index contributed by atoms with van der Waals surface area (Å²) in [6.45, 7) is 0.00869. The van der Waals surface area contributed by atoms with Crippen LogP contribution in [-0.2, 0) is 4.74 Å². The first kappa shape index (κ1) is 12.6. The number of hydrogen-bond donors (Lipinski definition) is 1. The molecule has 0 aromatic heterocycles. The molecule has 0 unspecified atom stereocenters. The lowest BCUT2D eigenvalue weighted by Crippen LogP contribution is -2.19. The van der Waals surface area contributed by atoms with Gasteiger partial charge in [-0.25, -0.2) is 0 Å². The number of nitrogen functional groups attached to an aromatic ring is 1. The number of benzene rings is 1. The van der Waals surface area contributed by atoms with Crippen LogP contribution in [0.5, 0.6) is 5.75 Å². The first-order valence-corrected chi connectivity index (χ1v) is 4.52. The van der Waals surface area contributed by atoms with Crippen molar-refractivity contribution in [1.29, 1.82) is 0 Å². The fourth-order valence-corrected chi connectivity index (χ4v) is 1.03. The largest absolute Gasteiger partial charge is 0.465 e. The van der Waals surface area contributed by atoms with Crippen LogP contribution in [0.4, 0.5) is 18.9 Å². The second-order valence-electron chi connectivity index (χ2n) is 3.27. The van der Waals surface area contributed by atoms with Crippen molar-refractivity contribution in [3.8, 4) is 5.75 Å². The normalized spacial score (nSPS) is 11.5. The summed E-state index contributed by atoms with van der Waals surface area (Å²) >= 11 is 0. The highest BCUT2D eigenvalue weighted by molar-refractivity contribution is 5.53. The predicted octanol–water partition coefficient (Wildman–Crippen LogP) is 2.49. The van der Waals surface area contributed by atoms with Gasteiger partial charge in [-0.1, -0.05) is 6.07 Å². The van der Waals surface area contributed by atoms with Gasteiger partial charge in [-0.3, -0.25) is 0 Å². The summed E-state index contributed by atoms with van der Waals surface area (Å²) in [5, 5.41) is 0. The third-order valence-corrected chi connectivity index (χ3v) is 1.73. The quantitative estimate of drug-likeness (QED) is 0.495. The van der Waals surface area contributed by atoms with Crippen LogP contribution in [0.1, 0.15) is 5.56 Å². The van der Waals surface area contributed by atoms with Gasteiger partial charge >= 0.3 is 6.18 Å². The van der Waals surface area contributed by atoms with E-state index < -0.39 is 19.6 Å². The molecule has 1 aromatic rings. The molecule has 1 aromatic carbocycles. The first-order chi connectivity index (χ1) is 7.38. The fourth-order valence-electron chi connectivity index (χ4n) is 1.03. The van der Waals surface area contributed by atoms with Crippen molar-refractivity contribution in [2.24, 2.45) is 0 Å². The predicted molar refractivity (Wildman–Crippen MR) is 53.1 cm³/mol. The maximum Gasteiger partial charge on any atom is 0.411 e. The standard InChI is InChI=1S/C10H12F3NO2/c1-7-2-3-8(14)9(4-7)16-6-15-5-10(11,12)13/h2-4H,5-6,14H2,1H3. The number of anilines is 1. The van der Waals surface area contributed by atoms with Crippen LogP contribution in [0.2, 0.25) is 0 Å². The summed E-state index contributed by atoms with van der Waals surface area (Å²) < 4.78 is 44.4. The molecule has 0 saturated carbocycles. The van der Waals surface area contributed by atoms with Gasteiger partial charge in [0.15, 0.2) is 6.79 Å². The molecule has 90 valence electrons. The Morgan fingerprint density at radius 1 is 1.31 bits per heavy atom. The van der Waals surface area contributed by atoms with E-state index in [0.29, 0.717) is 11.4 Å². The first-order valence-electron chi connectivity index (χ1n) is 4.52. The highest BCUT2D eigenvalue weighted by Gasteiger charge is 2.27. The molecule has 0 aliphatic carbocycles. The van der Waals surface area contributed by atoms with Crippen LogP contribution in [0.3, 0.4) is 0 Å². The summed E-state index contributed by atoms with van der Waals surface area (Å²) in [6.07, 6.45) is -4.35. The van der Waals surface area contributed by atoms with Crippen molar-refractivity contribution in [2.75, 3.05) is 19.1 Å². The SMILES string of the molecule is Cc1ccc(N)c(OCOCC(F)(F)F)c1. The number of ether oxygens (including phenoxy) is 2. The third kappa shape index (κ3) is 4.39. The Morgan fingerprint density at radius 2 is 2.00 bits per heavy atom. The molecule has 0 saturated heterocycles. The van der Waals surface area contributed by atoms with Gasteiger partial charge in [-0.05, 0) is 24.6 Å². The van der Waals surface area contributed by atoms with E-state index in [1.807, 2.05) is 6.92 Å². The summed E-state index contributed by atoms with van der Waals surface area (Å²) in [5.74, 6) is 0.321. The molecular weight excluding hydrogens is 223 g/mol. The van der Waals surface area contributed by atoms with E-state index in [1.165, 1.54) is 0 Å². The summed E-state index contributed by atoms with van der Waals surface area (Å²) in [5.41, 5.74) is 6.82. The Labute approximate surface area is 91.0 Å². The lowest BCUT2D eigenvalue weighted by Gasteiger charge is -2.11. The van der Waals surface area contributed by atoms with E-state index in [4.69, 9.17) is 10.5 Å². The van der Waals surface area contributed by atoms with Crippen molar-refractivity contribution in [2.45, 2.75) is 13.1 Å². The number of alkyl halides is 3. The van der Waals surface area contributed by atoms with Crippen LogP contribution in [-0.4, -0.2) is 19.6 Å². The van der Waals surface area contributed by atoms with Gasteiger partial charge in [-0.2, -0.15) is 13.2 Å². The molecule has 0 aliphatic heterocycles. The zero-order valence-electron chi connectivity index (χ0n) is 8.67. The van der Waals surface area contributed by atoms with Crippen molar-refractivity contribution in [3.63, 3.8) is 0 Å². The molecule has 0 radical (unpaired) electrons. The molecule has 16 heavy (non-hydrogen) atoms. The van der Waals surface area contributed by atoms with Crippen molar-refractivity contribution < 1.29 is 22.6 Å². The smallest absolute Gasteiger partial charge is 0.411 e. The number of hydrogen-bond acceptors (Lipinski definition) is 3. The van der Waals surface area contributed by atoms with Crippen molar-refractivity contribution >= 4 is 5.69 Å². The number of nitrogens with two attached hydrogens (primary N) is 1. The Hall–Kier alpha value is -1.43. The molecule has 0 heterocycles. The Bertz CT molecular complexity index is 352. The molecule has 0 aliphatic rings. The van der Waals surface area contributed by atoms with E-state index >= 15 is 0 Å². The summed E-state index contributed by atoms with van der Waals surface area (Å²) in [4.78, 5) is 0. The highest BCUT2D eigenvalue weighted by Crippen LogP contribution is 2.22. The second-order valence-corrected chi connectivity index (χ2v) is 3.27. The minimum Gasteiger partial charge on any atom is -0.465 e. The van der Waals surface area contributed by atoms with Gasteiger partial charge in [0.25, 0.3) is 0 Å². The number of rotatable bonds is 4. The average Bonchev–Trinajstić information content (AvgIpc) is 2.16. The molecular formula is C10H12F3NO2. The Balaban J connectivity index is 2.40. The van der Waals surface area contributed by atoms with Gasteiger partial charge in [-0.15, -0.1) is 0 Å². The summed E-state index contributed by atoms with van der Waals surface area (Å²) in [7, 11) is 0. The maximum atomic E-state index is 11.7. The zero-order chi connectivity index (χ0) is 12.2. The molecule has 1 rings (SSSR count). The molecule has 0 spiro atoms. The van der Waals surface area contributed by atoms with Crippen molar-refractivity contribution in [3.05, 3.63) is 23.8 Å². The number of aryl methyl sites for hydroxylation is 1. The van der Waals surface area contributed by atoms with E-state index in [9.17, 15) is 13.2 Å². The van der Waals surface area contributed by atoms with Crippen LogP contribution >= 0.6 is 0 Å². The Morgan fingerprint density at radius 3 is 2.62 bits per heavy atom. The van der Waals surface area contributed by atoms with Gasteiger partial charge < -0.3 is 15.2 Å². The fraction of sp³-hybridized carbons (Fsp3) is 0.400. The van der Waals surface area contributed by atoms with Gasteiger partial charge in [0.05, 0.1) is 5.69 Å².